The molecule has 3 aromatic rings. The molecule has 2 N–H and O–H groups in total. The van der Waals surface area contributed by atoms with Crippen LogP contribution in [0.4, 0.5) is 19.1 Å². The number of piperazine rings is 1. The number of fused-ring (bicyclic) bond motifs is 3. The van der Waals surface area contributed by atoms with Crippen molar-refractivity contribution in [2.75, 3.05) is 18.0 Å². The largest absolute Gasteiger partial charge is 0.419 e. The molecule has 2 aliphatic rings. The summed E-state index contributed by atoms with van der Waals surface area (Å²) < 4.78 is 40.1. The third kappa shape index (κ3) is 3.72. The molecule has 34 heavy (non-hydrogen) atoms. The number of amides is 2. The Morgan fingerprint density at radius 2 is 1.76 bits per heavy atom. The summed E-state index contributed by atoms with van der Waals surface area (Å²) in [7, 11) is 0. The van der Waals surface area contributed by atoms with Crippen LogP contribution in [0, 0.1) is 0 Å². The summed E-state index contributed by atoms with van der Waals surface area (Å²) in [4.78, 5) is 36.6. The van der Waals surface area contributed by atoms with Crippen LogP contribution >= 0.6 is 0 Å². The zero-order valence-corrected chi connectivity index (χ0v) is 18.2. The fraction of sp³-hybridized carbons (Fsp3) is 0.409. The van der Waals surface area contributed by atoms with Gasteiger partial charge in [-0.25, -0.2) is 9.97 Å². The van der Waals surface area contributed by atoms with Crippen molar-refractivity contribution in [1.82, 2.24) is 24.6 Å². The fourth-order valence-electron chi connectivity index (χ4n) is 4.85. The first-order valence-corrected chi connectivity index (χ1v) is 10.9. The first kappa shape index (κ1) is 22.1. The molecule has 0 aliphatic carbocycles. The number of anilines is 1. The van der Waals surface area contributed by atoms with Gasteiger partial charge in [-0.2, -0.15) is 18.3 Å². The number of halogens is 3. The lowest BCUT2D eigenvalue weighted by Crippen LogP contribution is -2.57. The SMILES string of the molecule is CC(C(=O)N1CC2CCC(C1)N2c1ncc(C(F)(F)F)cn1)n1cc2cccc(C(N)=O)c2n1. The third-order valence-corrected chi connectivity index (χ3v) is 6.56. The summed E-state index contributed by atoms with van der Waals surface area (Å²) in [5.41, 5.74) is 5.28. The van der Waals surface area contributed by atoms with E-state index in [1.54, 1.807) is 36.2 Å². The maximum absolute atomic E-state index is 13.3. The Hall–Kier alpha value is -3.70. The van der Waals surface area contributed by atoms with Crippen molar-refractivity contribution in [1.29, 1.82) is 0 Å². The molecule has 2 aromatic heterocycles. The van der Waals surface area contributed by atoms with E-state index in [0.717, 1.165) is 25.2 Å². The zero-order chi connectivity index (χ0) is 24.2. The van der Waals surface area contributed by atoms with Crippen LogP contribution in [0.1, 0.15) is 41.7 Å². The van der Waals surface area contributed by atoms with E-state index in [1.807, 2.05) is 4.90 Å². The molecular formula is C22H22F3N7O2. The zero-order valence-electron chi connectivity index (χ0n) is 18.2. The van der Waals surface area contributed by atoms with Gasteiger partial charge in [0.05, 0.1) is 11.1 Å². The summed E-state index contributed by atoms with van der Waals surface area (Å²) in [5.74, 6) is -0.468. The normalized spacial score (nSPS) is 21.2. The highest BCUT2D eigenvalue weighted by Gasteiger charge is 2.44. The van der Waals surface area contributed by atoms with Gasteiger partial charge in [0.25, 0.3) is 5.91 Å². The molecule has 2 bridgehead atoms. The van der Waals surface area contributed by atoms with Gasteiger partial charge in [0.15, 0.2) is 0 Å². The van der Waals surface area contributed by atoms with Gasteiger partial charge in [0.2, 0.25) is 11.9 Å². The molecule has 4 heterocycles. The Morgan fingerprint density at radius 1 is 1.12 bits per heavy atom. The molecule has 3 unspecified atom stereocenters. The molecule has 0 spiro atoms. The summed E-state index contributed by atoms with van der Waals surface area (Å²) >= 11 is 0. The van der Waals surface area contributed by atoms with Gasteiger partial charge < -0.3 is 15.5 Å². The number of nitrogens with zero attached hydrogens (tertiary/aromatic N) is 6. The predicted molar refractivity (Wildman–Crippen MR) is 116 cm³/mol. The lowest BCUT2D eigenvalue weighted by Gasteiger charge is -2.41. The molecule has 2 saturated heterocycles. The second-order valence-corrected chi connectivity index (χ2v) is 8.70. The molecular weight excluding hydrogens is 451 g/mol. The van der Waals surface area contributed by atoms with Gasteiger partial charge in [-0.1, -0.05) is 12.1 Å². The van der Waals surface area contributed by atoms with E-state index < -0.39 is 23.7 Å². The van der Waals surface area contributed by atoms with Crippen LogP contribution in [0.3, 0.4) is 0 Å². The van der Waals surface area contributed by atoms with Gasteiger partial charge in [0, 0.05) is 49.1 Å². The van der Waals surface area contributed by atoms with Crippen LogP contribution in [0.5, 0.6) is 0 Å². The summed E-state index contributed by atoms with van der Waals surface area (Å²) in [5, 5.41) is 5.15. The highest BCUT2D eigenvalue weighted by atomic mass is 19.4. The van der Waals surface area contributed by atoms with Crippen molar-refractivity contribution in [3.8, 4) is 0 Å². The highest BCUT2D eigenvalue weighted by molar-refractivity contribution is 6.04. The van der Waals surface area contributed by atoms with E-state index in [4.69, 9.17) is 5.73 Å². The minimum Gasteiger partial charge on any atom is -0.366 e. The molecule has 2 amide bonds. The second kappa shape index (κ2) is 7.96. The van der Waals surface area contributed by atoms with Gasteiger partial charge in [-0.3, -0.25) is 14.3 Å². The second-order valence-electron chi connectivity index (χ2n) is 8.70. The summed E-state index contributed by atoms with van der Waals surface area (Å²) in [6.45, 7) is 2.57. The van der Waals surface area contributed by atoms with E-state index in [2.05, 4.69) is 15.1 Å². The van der Waals surface area contributed by atoms with E-state index in [1.165, 1.54) is 4.68 Å². The Kier molecular flexibility index (Phi) is 5.18. The number of carbonyl (C=O) groups excluding carboxylic acids is 2. The number of carbonyl (C=O) groups is 2. The van der Waals surface area contributed by atoms with Crippen LogP contribution in [-0.2, 0) is 11.0 Å². The van der Waals surface area contributed by atoms with Gasteiger partial charge in [-0.15, -0.1) is 0 Å². The number of alkyl halides is 3. The molecule has 2 fully saturated rings. The minimum absolute atomic E-state index is 0.0789. The average Bonchev–Trinajstić information content (AvgIpc) is 3.35. The molecule has 5 rings (SSSR count). The monoisotopic (exact) mass is 473 g/mol. The summed E-state index contributed by atoms with van der Waals surface area (Å²) in [6.07, 6.45) is 0.398. The molecule has 178 valence electrons. The quantitative estimate of drug-likeness (QED) is 0.623. The lowest BCUT2D eigenvalue weighted by molar-refractivity contribution is -0.138. The topological polar surface area (TPSA) is 110 Å². The summed E-state index contributed by atoms with van der Waals surface area (Å²) in [6, 6.07) is 4.33. The molecule has 12 heteroatoms. The highest BCUT2D eigenvalue weighted by Crippen LogP contribution is 2.35. The van der Waals surface area contributed by atoms with Crippen molar-refractivity contribution in [2.45, 2.75) is 44.1 Å². The molecule has 3 atom stereocenters. The van der Waals surface area contributed by atoms with Crippen LogP contribution < -0.4 is 10.6 Å². The smallest absolute Gasteiger partial charge is 0.366 e. The Balaban J connectivity index is 1.33. The van der Waals surface area contributed by atoms with Crippen molar-refractivity contribution >= 4 is 28.7 Å². The van der Waals surface area contributed by atoms with Gasteiger partial charge >= 0.3 is 6.18 Å². The first-order chi connectivity index (χ1) is 16.1. The standard InChI is InChI=1S/C22H22F3N7O2/c1-12(31-9-13-3-2-4-17(19(26)33)18(13)29-31)20(34)30-10-15-5-6-16(11-30)32(15)21-27-7-14(8-28-21)22(23,24)25/h2-4,7-9,12,15-16H,5-6,10-11H2,1H3,(H2,26,33). The van der Waals surface area contributed by atoms with Crippen molar-refractivity contribution < 1.29 is 22.8 Å². The van der Waals surface area contributed by atoms with E-state index >= 15 is 0 Å². The maximum Gasteiger partial charge on any atom is 0.419 e. The van der Waals surface area contributed by atoms with E-state index in [-0.39, 0.29) is 23.9 Å². The number of aromatic nitrogens is 4. The first-order valence-electron chi connectivity index (χ1n) is 10.9. The number of benzene rings is 1. The lowest BCUT2D eigenvalue weighted by atomic mass is 10.1. The molecule has 0 saturated carbocycles. The van der Waals surface area contributed by atoms with Crippen LogP contribution in [0.15, 0.2) is 36.8 Å². The maximum atomic E-state index is 13.3. The van der Waals surface area contributed by atoms with Crippen LogP contribution in [0.2, 0.25) is 0 Å². The van der Waals surface area contributed by atoms with E-state index in [9.17, 15) is 22.8 Å². The third-order valence-electron chi connectivity index (χ3n) is 6.56. The molecule has 0 radical (unpaired) electrons. The fourth-order valence-corrected chi connectivity index (χ4v) is 4.85. The Bertz CT molecular complexity index is 1240. The number of primary amides is 1. The predicted octanol–water partition coefficient (Wildman–Crippen LogP) is 2.38. The van der Waals surface area contributed by atoms with Crippen molar-refractivity contribution in [3.05, 3.63) is 47.9 Å². The molecule has 2 aliphatic heterocycles. The van der Waals surface area contributed by atoms with Crippen LogP contribution in [-0.4, -0.2) is 61.6 Å². The van der Waals surface area contributed by atoms with Crippen molar-refractivity contribution in [2.24, 2.45) is 5.73 Å². The molecule has 1 aromatic carbocycles. The van der Waals surface area contributed by atoms with Crippen molar-refractivity contribution in [3.63, 3.8) is 0 Å². The number of hydrogen-bond donors (Lipinski definition) is 1. The minimum atomic E-state index is -4.49. The number of nitrogens with two attached hydrogens (primary N) is 1. The van der Waals surface area contributed by atoms with Crippen LogP contribution in [0.25, 0.3) is 10.9 Å². The number of likely N-dealkylation sites (tertiary alicyclic amines) is 1. The molecule has 9 nitrogen and oxygen atoms in total. The number of rotatable bonds is 4. The Morgan fingerprint density at radius 3 is 2.35 bits per heavy atom. The van der Waals surface area contributed by atoms with Gasteiger partial charge in [0.1, 0.15) is 11.6 Å². The Labute approximate surface area is 192 Å². The average molecular weight is 473 g/mol. The number of hydrogen-bond acceptors (Lipinski definition) is 6. The van der Waals surface area contributed by atoms with Gasteiger partial charge in [-0.05, 0) is 25.8 Å². The van der Waals surface area contributed by atoms with E-state index in [0.29, 0.717) is 29.6 Å².